The van der Waals surface area contributed by atoms with Crippen molar-refractivity contribution in [3.63, 3.8) is 0 Å². The van der Waals surface area contributed by atoms with E-state index in [1.165, 1.54) is 77.0 Å². The molecule has 0 spiro atoms. The third-order valence-electron chi connectivity index (χ3n) is 9.30. The van der Waals surface area contributed by atoms with E-state index in [9.17, 15) is 27.7 Å². The van der Waals surface area contributed by atoms with Crippen LogP contribution in [0.1, 0.15) is 168 Å². The van der Waals surface area contributed by atoms with Crippen LogP contribution < -0.4 is 0 Å². The molecule has 0 aliphatic heterocycles. The summed E-state index contributed by atoms with van der Waals surface area (Å²) in [6, 6.07) is 0. The number of aliphatic hydroxyl groups is 1. The molecule has 0 saturated carbocycles. The summed E-state index contributed by atoms with van der Waals surface area (Å²) in [6.07, 6.45) is 44.7. The molecule has 0 radical (unpaired) electrons. The molecule has 10 nitrogen and oxygen atoms in total. The van der Waals surface area contributed by atoms with Crippen LogP contribution >= 0.6 is 0 Å². The molecular weight excluding hydrogens is 719 g/mol. The smallest absolute Gasteiger partial charge is 0.305 e. The van der Waals surface area contributed by atoms with Gasteiger partial charge in [-0.2, -0.15) is 0 Å². The number of esters is 2. The Kier molecular flexibility index (Phi) is 41.2. The standard InChI is InChI=1S/C43H78NO5.CH4O4S/c1-4-6-8-10-12-14-16-18-20-22-24-26-28-30-32-34-42(46)48-40-37-44(3,36-39-45)38-41-49-43(47)35-33-31-29-27-25-23-21-19-17-15-13-11-9-7-5-2;1-5-6(2,3)4/h12-15,18-21,45H,4-11,16-17,22-41H2,1-3H3;1H3,(H,2,3,4)/q+1;/p-1/b14-12-,15-13-,20-18-,21-19-;. The molecule has 0 heterocycles. The lowest BCUT2D eigenvalue weighted by atomic mass is 10.1. The van der Waals surface area contributed by atoms with Crippen LogP contribution in [0.4, 0.5) is 0 Å². The second kappa shape index (κ2) is 41.3. The highest BCUT2D eigenvalue weighted by Gasteiger charge is 2.22. The first-order valence-electron chi connectivity index (χ1n) is 21.4. The Morgan fingerprint density at radius 3 is 1.22 bits per heavy atom. The molecule has 0 fully saturated rings. The highest BCUT2D eigenvalue weighted by molar-refractivity contribution is 7.80. The van der Waals surface area contributed by atoms with E-state index in [2.05, 4.69) is 66.6 Å². The first-order valence-corrected chi connectivity index (χ1v) is 22.7. The maximum absolute atomic E-state index is 12.2. The number of rotatable bonds is 37. The van der Waals surface area contributed by atoms with Gasteiger partial charge in [-0.1, -0.05) is 127 Å². The molecule has 0 unspecified atom stereocenters. The summed E-state index contributed by atoms with van der Waals surface area (Å²) in [5.41, 5.74) is 0. The Bertz CT molecular complexity index is 1040. The van der Waals surface area contributed by atoms with E-state index in [-0.39, 0.29) is 18.5 Å². The Morgan fingerprint density at radius 2 is 0.891 bits per heavy atom. The molecule has 0 aliphatic carbocycles. The monoisotopic (exact) mass is 800 g/mol. The van der Waals surface area contributed by atoms with Crippen molar-refractivity contribution in [3.05, 3.63) is 48.6 Å². The largest absolute Gasteiger partial charge is 0.726 e. The number of hydrogen-bond donors (Lipinski definition) is 1. The molecule has 0 rings (SSSR count). The molecule has 322 valence electrons. The van der Waals surface area contributed by atoms with Crippen molar-refractivity contribution in [1.29, 1.82) is 0 Å². The van der Waals surface area contributed by atoms with Crippen molar-refractivity contribution in [1.82, 2.24) is 0 Å². The fraction of sp³-hybridized carbons (Fsp3) is 0.773. The lowest BCUT2D eigenvalue weighted by molar-refractivity contribution is -0.910. The molecule has 55 heavy (non-hydrogen) atoms. The zero-order valence-corrected chi connectivity index (χ0v) is 36.2. The minimum Gasteiger partial charge on any atom is -0.726 e. The number of hydrogen-bond acceptors (Lipinski definition) is 9. The fourth-order valence-corrected chi connectivity index (χ4v) is 5.64. The predicted octanol–water partition coefficient (Wildman–Crippen LogP) is 10.2. The van der Waals surface area contributed by atoms with Crippen LogP contribution in [0.5, 0.6) is 0 Å². The first-order chi connectivity index (χ1) is 26.5. The first kappa shape index (κ1) is 54.8. The van der Waals surface area contributed by atoms with Gasteiger partial charge in [-0.3, -0.25) is 13.8 Å². The van der Waals surface area contributed by atoms with Crippen LogP contribution in [0, 0.1) is 0 Å². The number of unbranched alkanes of at least 4 members (excludes halogenated alkanes) is 16. The van der Waals surface area contributed by atoms with E-state index >= 15 is 0 Å². The minimum atomic E-state index is -4.41. The quantitative estimate of drug-likeness (QED) is 0.0162. The lowest BCUT2D eigenvalue weighted by Gasteiger charge is -2.33. The second-order valence-corrected chi connectivity index (χ2v) is 15.6. The summed E-state index contributed by atoms with van der Waals surface area (Å²) < 4.78 is 42.5. The van der Waals surface area contributed by atoms with Gasteiger partial charge in [0.05, 0.1) is 20.8 Å². The highest BCUT2D eigenvalue weighted by atomic mass is 32.3. The topological polar surface area (TPSA) is 139 Å². The van der Waals surface area contributed by atoms with Gasteiger partial charge in [-0.25, -0.2) is 8.42 Å². The molecule has 1 N–H and O–H groups in total. The number of aliphatic hydroxyl groups excluding tert-OH is 1. The fourth-order valence-electron chi connectivity index (χ4n) is 5.64. The average molecular weight is 800 g/mol. The van der Waals surface area contributed by atoms with E-state index in [0.717, 1.165) is 71.3 Å². The second-order valence-electron chi connectivity index (χ2n) is 14.5. The number of carbonyl (C=O) groups excluding carboxylic acids is 2. The third kappa shape index (κ3) is 46.0. The van der Waals surface area contributed by atoms with Crippen molar-refractivity contribution in [2.24, 2.45) is 0 Å². The van der Waals surface area contributed by atoms with E-state index < -0.39 is 10.4 Å². The molecule has 0 aliphatic rings. The zero-order chi connectivity index (χ0) is 41.1. The summed E-state index contributed by atoms with van der Waals surface area (Å²) >= 11 is 0. The number of quaternary nitrogens is 1. The van der Waals surface area contributed by atoms with Crippen molar-refractivity contribution >= 4 is 22.3 Å². The third-order valence-corrected chi connectivity index (χ3v) is 9.70. The van der Waals surface area contributed by atoms with Gasteiger partial charge >= 0.3 is 11.9 Å². The molecule has 0 aromatic heterocycles. The summed E-state index contributed by atoms with van der Waals surface area (Å²) in [5.74, 6) is -0.296. The van der Waals surface area contributed by atoms with Gasteiger partial charge in [-0.05, 0) is 77.0 Å². The van der Waals surface area contributed by atoms with Crippen LogP contribution in [0.2, 0.25) is 0 Å². The molecule has 0 aromatic rings. The van der Waals surface area contributed by atoms with Gasteiger partial charge in [-0.15, -0.1) is 0 Å². The number of carbonyl (C=O) groups is 2. The van der Waals surface area contributed by atoms with Gasteiger partial charge in [0.15, 0.2) is 0 Å². The van der Waals surface area contributed by atoms with Crippen molar-refractivity contribution in [2.75, 3.05) is 53.6 Å². The molecule has 11 heteroatoms. The van der Waals surface area contributed by atoms with Gasteiger partial charge in [0.1, 0.15) is 32.8 Å². The van der Waals surface area contributed by atoms with Crippen LogP contribution in [-0.4, -0.2) is 88.1 Å². The summed E-state index contributed by atoms with van der Waals surface area (Å²) in [5, 5.41) is 9.58. The van der Waals surface area contributed by atoms with Crippen molar-refractivity contribution < 1.29 is 45.8 Å². The SMILES string of the molecule is CCCCC/C=C\C/C=C\CCCCCCCC(=O)OCC[N+](C)(CCO)CCOC(=O)CCCCCCC/C=C\C/C=C\CCCCC.COS(=O)(=O)[O-]. The number of ether oxygens (including phenoxy) is 2. The van der Waals surface area contributed by atoms with Crippen molar-refractivity contribution in [3.8, 4) is 0 Å². The molecular formula is C44H81NO9S. The Hall–Kier alpha value is -2.31. The van der Waals surface area contributed by atoms with Crippen LogP contribution in [0.15, 0.2) is 48.6 Å². The summed E-state index contributed by atoms with van der Waals surface area (Å²) in [4.78, 5) is 24.5. The zero-order valence-electron chi connectivity index (χ0n) is 35.4. The average Bonchev–Trinajstić information content (AvgIpc) is 3.15. The molecule has 0 saturated heterocycles. The summed E-state index contributed by atoms with van der Waals surface area (Å²) in [6.45, 7) is 6.87. The summed E-state index contributed by atoms with van der Waals surface area (Å²) in [7, 11) is -1.59. The molecule has 0 atom stereocenters. The van der Waals surface area contributed by atoms with Crippen LogP contribution in [0.25, 0.3) is 0 Å². The maximum Gasteiger partial charge on any atom is 0.305 e. The van der Waals surface area contributed by atoms with Gasteiger partial charge < -0.3 is 23.6 Å². The van der Waals surface area contributed by atoms with Crippen LogP contribution in [-0.2, 0) is 33.6 Å². The minimum absolute atomic E-state index is 0.0380. The van der Waals surface area contributed by atoms with Gasteiger partial charge in [0.2, 0.25) is 10.4 Å². The maximum atomic E-state index is 12.2. The predicted molar refractivity (Wildman–Crippen MR) is 225 cm³/mol. The number of nitrogens with zero attached hydrogens (tertiary/aromatic N) is 1. The van der Waals surface area contributed by atoms with Crippen LogP contribution in [0.3, 0.4) is 0 Å². The van der Waals surface area contributed by atoms with E-state index in [4.69, 9.17) is 9.47 Å². The van der Waals surface area contributed by atoms with Gasteiger partial charge in [0.25, 0.3) is 0 Å². The van der Waals surface area contributed by atoms with E-state index in [0.29, 0.717) is 50.2 Å². The van der Waals surface area contributed by atoms with Gasteiger partial charge in [0, 0.05) is 12.8 Å². The van der Waals surface area contributed by atoms with E-state index in [1.54, 1.807) is 0 Å². The van der Waals surface area contributed by atoms with E-state index in [1.807, 2.05) is 7.05 Å². The Balaban J connectivity index is 0. The molecule has 0 bridgehead atoms. The normalized spacial score (nSPS) is 12.3. The molecule has 0 amide bonds. The number of likely N-dealkylation sites (N-methyl/N-ethyl adjacent to an activating group) is 1. The number of allylic oxidation sites excluding steroid dienone is 8. The highest BCUT2D eigenvalue weighted by Crippen LogP contribution is 2.11. The Labute approximate surface area is 337 Å². The van der Waals surface area contributed by atoms with Crippen molar-refractivity contribution in [2.45, 2.75) is 168 Å². The molecule has 0 aromatic carbocycles. The Morgan fingerprint density at radius 1 is 0.564 bits per heavy atom. The lowest BCUT2D eigenvalue weighted by Crippen LogP contribution is -2.50.